The van der Waals surface area contributed by atoms with Gasteiger partial charge in [0.05, 0.1) is 0 Å². The molecule has 1 aliphatic heterocycles. The van der Waals surface area contributed by atoms with Crippen LogP contribution in [-0.2, 0) is 4.74 Å². The van der Waals surface area contributed by atoms with E-state index in [0.717, 1.165) is 26.2 Å². The van der Waals surface area contributed by atoms with E-state index in [2.05, 4.69) is 5.32 Å². The maximum atomic E-state index is 12.2. The molecule has 0 aromatic heterocycles. The molecule has 1 heterocycles. The average Bonchev–Trinajstić information content (AvgIpc) is 2.17. The molecule has 3 N–H and O–H groups in total. The summed E-state index contributed by atoms with van der Waals surface area (Å²) in [6.45, 7) is 10.1. The van der Waals surface area contributed by atoms with Crippen LogP contribution in [0.15, 0.2) is 0 Å². The SMILES string of the molecule is CC(C)(C)OC(=O)[N+]1(CCN)CCNCC1. The molecule has 0 atom stereocenters. The van der Waals surface area contributed by atoms with Crippen LogP contribution in [0.1, 0.15) is 20.8 Å². The fourth-order valence-electron chi connectivity index (χ4n) is 1.93. The quantitative estimate of drug-likeness (QED) is 0.670. The molecule has 5 nitrogen and oxygen atoms in total. The highest BCUT2D eigenvalue weighted by Crippen LogP contribution is 2.17. The second-order valence-electron chi connectivity index (χ2n) is 5.33. The Morgan fingerprint density at radius 3 is 2.38 bits per heavy atom. The first-order chi connectivity index (χ1) is 7.40. The van der Waals surface area contributed by atoms with Crippen LogP contribution in [0.5, 0.6) is 0 Å². The lowest BCUT2D eigenvalue weighted by Crippen LogP contribution is -2.64. The van der Waals surface area contributed by atoms with Crippen molar-refractivity contribution in [1.82, 2.24) is 5.32 Å². The van der Waals surface area contributed by atoms with E-state index < -0.39 is 5.60 Å². The van der Waals surface area contributed by atoms with Crippen molar-refractivity contribution in [3.8, 4) is 0 Å². The Morgan fingerprint density at radius 2 is 1.94 bits per heavy atom. The number of hydrogen-bond acceptors (Lipinski definition) is 4. The molecule has 0 unspecified atom stereocenters. The Labute approximate surface area is 97.5 Å². The molecule has 0 bridgehead atoms. The van der Waals surface area contributed by atoms with E-state index >= 15 is 0 Å². The van der Waals surface area contributed by atoms with E-state index in [9.17, 15) is 4.79 Å². The van der Waals surface area contributed by atoms with E-state index in [1.165, 1.54) is 0 Å². The van der Waals surface area contributed by atoms with Gasteiger partial charge >= 0.3 is 6.09 Å². The van der Waals surface area contributed by atoms with Crippen molar-refractivity contribution >= 4 is 6.09 Å². The first kappa shape index (κ1) is 13.4. The van der Waals surface area contributed by atoms with Gasteiger partial charge in [0.2, 0.25) is 0 Å². The fraction of sp³-hybridized carbons (Fsp3) is 0.909. The zero-order valence-electron chi connectivity index (χ0n) is 10.6. The van der Waals surface area contributed by atoms with E-state index in [-0.39, 0.29) is 6.09 Å². The molecule has 5 heteroatoms. The van der Waals surface area contributed by atoms with Crippen LogP contribution >= 0.6 is 0 Å². The number of quaternary nitrogens is 1. The monoisotopic (exact) mass is 230 g/mol. The molecule has 0 aromatic rings. The smallest absolute Gasteiger partial charge is 0.414 e. The van der Waals surface area contributed by atoms with Crippen molar-refractivity contribution in [1.29, 1.82) is 0 Å². The van der Waals surface area contributed by atoms with Crippen LogP contribution in [-0.4, -0.2) is 55.4 Å². The van der Waals surface area contributed by atoms with Crippen LogP contribution in [0, 0.1) is 0 Å². The third-order valence-electron chi connectivity index (χ3n) is 2.77. The second kappa shape index (κ2) is 5.12. The third kappa shape index (κ3) is 3.43. The molecule has 16 heavy (non-hydrogen) atoms. The summed E-state index contributed by atoms with van der Waals surface area (Å²) in [5, 5.41) is 3.25. The Morgan fingerprint density at radius 1 is 1.38 bits per heavy atom. The lowest BCUT2D eigenvalue weighted by molar-refractivity contribution is -0.859. The van der Waals surface area contributed by atoms with Crippen LogP contribution in [0.25, 0.3) is 0 Å². The van der Waals surface area contributed by atoms with Crippen LogP contribution < -0.4 is 11.1 Å². The van der Waals surface area contributed by atoms with Gasteiger partial charge in [-0.25, -0.2) is 4.48 Å². The number of carbonyl (C=O) groups excluding carboxylic acids is 1. The minimum atomic E-state index is -0.429. The van der Waals surface area contributed by atoms with Crippen molar-refractivity contribution in [2.75, 3.05) is 39.3 Å². The highest BCUT2D eigenvalue weighted by molar-refractivity contribution is 5.60. The van der Waals surface area contributed by atoms with Gasteiger partial charge in [-0.2, -0.15) is 4.79 Å². The second-order valence-corrected chi connectivity index (χ2v) is 5.33. The van der Waals surface area contributed by atoms with E-state index in [1.54, 1.807) is 0 Å². The molecule has 1 aliphatic rings. The lowest BCUT2D eigenvalue weighted by Gasteiger charge is -2.38. The molecule has 1 amide bonds. The van der Waals surface area contributed by atoms with Gasteiger partial charge in [-0.1, -0.05) is 0 Å². The van der Waals surface area contributed by atoms with Crippen LogP contribution in [0.3, 0.4) is 0 Å². The summed E-state index contributed by atoms with van der Waals surface area (Å²) in [4.78, 5) is 12.2. The number of nitrogens with zero attached hydrogens (tertiary/aromatic N) is 1. The summed E-state index contributed by atoms with van der Waals surface area (Å²) < 4.78 is 5.84. The number of nitrogens with one attached hydrogen (secondary N) is 1. The number of piperazine rings is 1. The first-order valence-electron chi connectivity index (χ1n) is 5.90. The highest BCUT2D eigenvalue weighted by Gasteiger charge is 2.41. The zero-order chi connectivity index (χ0) is 12.2. The largest absolute Gasteiger partial charge is 0.516 e. The van der Waals surface area contributed by atoms with Gasteiger partial charge in [-0.05, 0) is 20.8 Å². The molecule has 0 spiro atoms. The molecular formula is C11H24N3O2+. The summed E-state index contributed by atoms with van der Waals surface area (Å²) >= 11 is 0. The maximum absolute atomic E-state index is 12.2. The third-order valence-corrected chi connectivity index (χ3v) is 2.77. The summed E-state index contributed by atoms with van der Waals surface area (Å²) in [7, 11) is 0. The Balaban J connectivity index is 2.72. The van der Waals surface area contributed by atoms with Crippen molar-refractivity contribution in [2.24, 2.45) is 5.73 Å². The van der Waals surface area contributed by atoms with Gasteiger partial charge in [0.1, 0.15) is 25.2 Å². The Bertz CT molecular complexity index is 237. The Hall–Kier alpha value is -0.650. The van der Waals surface area contributed by atoms with Gasteiger partial charge in [0.25, 0.3) is 0 Å². The minimum absolute atomic E-state index is 0.139. The summed E-state index contributed by atoms with van der Waals surface area (Å²) in [6.07, 6.45) is -0.139. The number of amides is 1. The van der Waals surface area contributed by atoms with E-state index in [0.29, 0.717) is 17.6 Å². The highest BCUT2D eigenvalue weighted by atomic mass is 16.6. The topological polar surface area (TPSA) is 64.3 Å². The predicted octanol–water partition coefficient (Wildman–Crippen LogP) is 0.300. The number of hydrogen-bond donors (Lipinski definition) is 2. The van der Waals surface area contributed by atoms with Crippen molar-refractivity contribution in [3.05, 3.63) is 0 Å². The number of nitrogens with two attached hydrogens (primary N) is 1. The molecule has 0 aromatic carbocycles. The van der Waals surface area contributed by atoms with Crippen molar-refractivity contribution in [2.45, 2.75) is 26.4 Å². The van der Waals surface area contributed by atoms with Gasteiger partial charge in [-0.3, -0.25) is 0 Å². The molecule has 0 saturated carbocycles. The Kier molecular flexibility index (Phi) is 4.29. The average molecular weight is 230 g/mol. The van der Waals surface area contributed by atoms with E-state index in [4.69, 9.17) is 10.5 Å². The molecule has 0 radical (unpaired) electrons. The molecule has 1 rings (SSSR count). The minimum Gasteiger partial charge on any atom is -0.414 e. The molecular weight excluding hydrogens is 206 g/mol. The van der Waals surface area contributed by atoms with Gasteiger partial charge in [0.15, 0.2) is 0 Å². The summed E-state index contributed by atoms with van der Waals surface area (Å²) in [5.41, 5.74) is 5.17. The zero-order valence-corrected chi connectivity index (χ0v) is 10.6. The van der Waals surface area contributed by atoms with Crippen molar-refractivity contribution in [3.63, 3.8) is 0 Å². The van der Waals surface area contributed by atoms with Crippen LogP contribution in [0.2, 0.25) is 0 Å². The maximum Gasteiger partial charge on any atom is 0.516 e. The molecule has 1 fully saturated rings. The number of rotatable bonds is 2. The summed E-state index contributed by atoms with van der Waals surface area (Å²) in [6, 6.07) is 0. The summed E-state index contributed by atoms with van der Waals surface area (Å²) in [5.74, 6) is 0. The predicted molar refractivity (Wildman–Crippen MR) is 63.0 cm³/mol. The molecule has 94 valence electrons. The van der Waals surface area contributed by atoms with Gasteiger partial charge in [0, 0.05) is 19.6 Å². The number of ether oxygens (including phenoxy) is 1. The standard InChI is InChI=1S/C11H24N3O2/c1-11(2,3)16-10(15)14(7-4-12)8-5-13-6-9-14/h13H,4-9,12H2,1-3H3/q+1. The first-order valence-corrected chi connectivity index (χ1v) is 5.90. The van der Waals surface area contributed by atoms with E-state index in [1.807, 2.05) is 20.8 Å². The van der Waals surface area contributed by atoms with Crippen LogP contribution in [0.4, 0.5) is 4.79 Å². The number of carbonyl (C=O) groups is 1. The lowest BCUT2D eigenvalue weighted by atomic mass is 10.2. The van der Waals surface area contributed by atoms with Crippen molar-refractivity contribution < 1.29 is 14.0 Å². The van der Waals surface area contributed by atoms with Gasteiger partial charge < -0.3 is 15.8 Å². The molecule has 1 saturated heterocycles. The van der Waals surface area contributed by atoms with Gasteiger partial charge in [-0.15, -0.1) is 0 Å². The normalized spacial score (nSPS) is 20.5. The fourth-order valence-corrected chi connectivity index (χ4v) is 1.93. The molecule has 0 aliphatic carbocycles.